The number of methoxy groups -OCH3 is 1. The topological polar surface area (TPSA) is 25.4 Å². The molecule has 0 fully saturated rings. The molecule has 2 rings (SSSR count). The molecule has 1 aromatic heterocycles. The molecule has 0 amide bonds. The Kier molecular flexibility index (Phi) is 4.33. The Morgan fingerprint density at radius 1 is 1.22 bits per heavy atom. The smallest absolute Gasteiger partial charge is 0.138 e. The fourth-order valence-corrected chi connectivity index (χ4v) is 2.05. The molecule has 0 aliphatic carbocycles. The number of halogens is 1. The van der Waals surface area contributed by atoms with Gasteiger partial charge in [0, 0.05) is 36.1 Å². The highest BCUT2D eigenvalue weighted by molar-refractivity contribution is 9.10. The summed E-state index contributed by atoms with van der Waals surface area (Å²) < 4.78 is 6.27. The molecule has 0 N–H and O–H groups in total. The molecule has 2 aromatic rings. The zero-order valence-corrected chi connectivity index (χ0v) is 12.0. The summed E-state index contributed by atoms with van der Waals surface area (Å²) in [5, 5.41) is 0. The first kappa shape index (κ1) is 13.1. The number of pyridine rings is 1. The number of hydrogen-bond acceptors (Lipinski definition) is 3. The predicted molar refractivity (Wildman–Crippen MR) is 77.2 cm³/mol. The van der Waals surface area contributed by atoms with Gasteiger partial charge in [0.05, 0.1) is 6.61 Å². The zero-order chi connectivity index (χ0) is 13.0. The minimum Gasteiger partial charge on any atom is -0.380 e. The Morgan fingerprint density at radius 2 is 1.94 bits per heavy atom. The second-order valence-corrected chi connectivity index (χ2v) is 4.87. The van der Waals surface area contributed by atoms with Crippen LogP contribution in [0.4, 0.5) is 11.5 Å². The van der Waals surface area contributed by atoms with E-state index < -0.39 is 0 Å². The lowest BCUT2D eigenvalue weighted by atomic mass is 10.2. The summed E-state index contributed by atoms with van der Waals surface area (Å²) in [6.45, 7) is 0.560. The molecular weight excluding hydrogens is 292 g/mol. The second-order valence-electron chi connectivity index (χ2n) is 3.95. The molecule has 1 aromatic carbocycles. The van der Waals surface area contributed by atoms with Crippen LogP contribution in [-0.2, 0) is 11.3 Å². The van der Waals surface area contributed by atoms with Gasteiger partial charge in [0.15, 0.2) is 0 Å². The maximum absolute atomic E-state index is 5.20. The largest absolute Gasteiger partial charge is 0.380 e. The molecule has 0 aliphatic rings. The molecule has 0 unspecified atom stereocenters. The van der Waals surface area contributed by atoms with Gasteiger partial charge in [0.25, 0.3) is 0 Å². The SMILES string of the molecule is COCc1cccnc1N(C)c1ccc(Br)cc1. The van der Waals surface area contributed by atoms with E-state index in [1.165, 1.54) is 0 Å². The first-order valence-corrected chi connectivity index (χ1v) is 6.44. The molecule has 0 radical (unpaired) electrons. The van der Waals surface area contributed by atoms with Crippen LogP contribution in [0, 0.1) is 0 Å². The number of nitrogens with zero attached hydrogens (tertiary/aromatic N) is 2. The fraction of sp³-hybridized carbons (Fsp3) is 0.214. The third kappa shape index (κ3) is 2.89. The molecular formula is C14H15BrN2O. The second kappa shape index (κ2) is 5.98. The third-order valence-corrected chi connectivity index (χ3v) is 3.23. The van der Waals surface area contributed by atoms with Gasteiger partial charge in [-0.25, -0.2) is 4.98 Å². The molecule has 3 nitrogen and oxygen atoms in total. The van der Waals surface area contributed by atoms with Gasteiger partial charge in [-0.05, 0) is 30.3 Å². The minimum atomic E-state index is 0.560. The molecule has 0 aliphatic heterocycles. The van der Waals surface area contributed by atoms with Crippen LogP contribution in [0.3, 0.4) is 0 Å². The van der Waals surface area contributed by atoms with Crippen molar-refractivity contribution >= 4 is 27.4 Å². The summed E-state index contributed by atoms with van der Waals surface area (Å²) in [7, 11) is 3.70. The average molecular weight is 307 g/mol. The van der Waals surface area contributed by atoms with Crippen LogP contribution in [-0.4, -0.2) is 19.1 Å². The molecule has 0 bridgehead atoms. The molecule has 0 spiro atoms. The van der Waals surface area contributed by atoms with E-state index in [0.717, 1.165) is 21.5 Å². The van der Waals surface area contributed by atoms with Crippen molar-refractivity contribution in [2.45, 2.75) is 6.61 Å². The zero-order valence-electron chi connectivity index (χ0n) is 10.4. The van der Waals surface area contributed by atoms with Gasteiger partial charge in [-0.3, -0.25) is 0 Å². The predicted octanol–water partition coefficient (Wildman–Crippen LogP) is 3.76. The van der Waals surface area contributed by atoms with Crippen LogP contribution in [0.25, 0.3) is 0 Å². The lowest BCUT2D eigenvalue weighted by Gasteiger charge is -2.21. The Bertz CT molecular complexity index is 513. The molecule has 0 atom stereocenters. The van der Waals surface area contributed by atoms with E-state index in [1.807, 2.05) is 31.3 Å². The summed E-state index contributed by atoms with van der Waals surface area (Å²) in [5.41, 5.74) is 2.17. The van der Waals surface area contributed by atoms with Crippen molar-refractivity contribution in [1.29, 1.82) is 0 Å². The van der Waals surface area contributed by atoms with Crippen molar-refractivity contribution in [3.63, 3.8) is 0 Å². The quantitative estimate of drug-likeness (QED) is 0.860. The lowest BCUT2D eigenvalue weighted by molar-refractivity contribution is 0.185. The van der Waals surface area contributed by atoms with Crippen molar-refractivity contribution in [2.75, 3.05) is 19.1 Å². The van der Waals surface area contributed by atoms with Crippen molar-refractivity contribution in [3.05, 3.63) is 52.6 Å². The normalized spacial score (nSPS) is 10.4. The van der Waals surface area contributed by atoms with Crippen molar-refractivity contribution in [3.8, 4) is 0 Å². The first-order chi connectivity index (χ1) is 8.72. The Balaban J connectivity index is 2.33. The van der Waals surface area contributed by atoms with E-state index in [-0.39, 0.29) is 0 Å². The summed E-state index contributed by atoms with van der Waals surface area (Å²) in [6.07, 6.45) is 1.80. The molecule has 0 saturated heterocycles. The van der Waals surface area contributed by atoms with E-state index in [1.54, 1.807) is 13.3 Å². The first-order valence-electron chi connectivity index (χ1n) is 5.64. The fourth-order valence-electron chi connectivity index (χ4n) is 1.79. The Hall–Kier alpha value is -1.39. The van der Waals surface area contributed by atoms with Crippen LogP contribution in [0.15, 0.2) is 47.1 Å². The third-order valence-electron chi connectivity index (χ3n) is 2.70. The number of anilines is 2. The molecule has 0 saturated carbocycles. The number of benzene rings is 1. The maximum Gasteiger partial charge on any atom is 0.138 e. The molecule has 94 valence electrons. The van der Waals surface area contributed by atoms with E-state index in [4.69, 9.17) is 4.74 Å². The van der Waals surface area contributed by atoms with E-state index >= 15 is 0 Å². The summed E-state index contributed by atoms with van der Waals surface area (Å²) in [4.78, 5) is 6.49. The summed E-state index contributed by atoms with van der Waals surface area (Å²) in [5.74, 6) is 0.918. The maximum atomic E-state index is 5.20. The van der Waals surface area contributed by atoms with Gasteiger partial charge in [0.2, 0.25) is 0 Å². The lowest BCUT2D eigenvalue weighted by Crippen LogP contribution is -2.13. The number of ether oxygens (including phenoxy) is 1. The minimum absolute atomic E-state index is 0.560. The van der Waals surface area contributed by atoms with Gasteiger partial charge in [-0.15, -0.1) is 0 Å². The summed E-state index contributed by atoms with van der Waals surface area (Å²) in [6, 6.07) is 12.1. The van der Waals surface area contributed by atoms with Crippen LogP contribution in [0.5, 0.6) is 0 Å². The molecule has 4 heteroatoms. The highest BCUT2D eigenvalue weighted by Gasteiger charge is 2.10. The van der Waals surface area contributed by atoms with Gasteiger partial charge in [0.1, 0.15) is 5.82 Å². The van der Waals surface area contributed by atoms with E-state index in [0.29, 0.717) is 6.61 Å². The van der Waals surface area contributed by atoms with Crippen molar-refractivity contribution in [2.24, 2.45) is 0 Å². The standard InChI is InChI=1S/C14H15BrN2O/c1-17(13-7-5-12(15)6-8-13)14-11(10-18-2)4-3-9-16-14/h3-9H,10H2,1-2H3. The monoisotopic (exact) mass is 306 g/mol. The average Bonchev–Trinajstić information content (AvgIpc) is 2.40. The van der Waals surface area contributed by atoms with Crippen LogP contribution < -0.4 is 4.90 Å². The van der Waals surface area contributed by atoms with Gasteiger partial charge in [-0.1, -0.05) is 22.0 Å². The molecule has 18 heavy (non-hydrogen) atoms. The van der Waals surface area contributed by atoms with Crippen LogP contribution in [0.2, 0.25) is 0 Å². The van der Waals surface area contributed by atoms with E-state index in [9.17, 15) is 0 Å². The number of hydrogen-bond donors (Lipinski definition) is 0. The van der Waals surface area contributed by atoms with Crippen LogP contribution in [0.1, 0.15) is 5.56 Å². The van der Waals surface area contributed by atoms with E-state index in [2.05, 4.69) is 37.9 Å². The van der Waals surface area contributed by atoms with Gasteiger partial charge >= 0.3 is 0 Å². The van der Waals surface area contributed by atoms with Crippen LogP contribution >= 0.6 is 15.9 Å². The highest BCUT2D eigenvalue weighted by Crippen LogP contribution is 2.26. The Morgan fingerprint density at radius 3 is 2.61 bits per heavy atom. The Labute approximate surface area is 116 Å². The number of aromatic nitrogens is 1. The van der Waals surface area contributed by atoms with Crippen molar-refractivity contribution < 1.29 is 4.74 Å². The van der Waals surface area contributed by atoms with Gasteiger partial charge < -0.3 is 9.64 Å². The van der Waals surface area contributed by atoms with Gasteiger partial charge in [-0.2, -0.15) is 0 Å². The highest BCUT2D eigenvalue weighted by atomic mass is 79.9. The number of rotatable bonds is 4. The molecule has 1 heterocycles. The summed E-state index contributed by atoms with van der Waals surface area (Å²) >= 11 is 3.44. The van der Waals surface area contributed by atoms with Crippen molar-refractivity contribution in [1.82, 2.24) is 4.98 Å².